The van der Waals surface area contributed by atoms with Gasteiger partial charge in [0.1, 0.15) is 17.5 Å². The summed E-state index contributed by atoms with van der Waals surface area (Å²) in [6.07, 6.45) is 2.01. The molecule has 1 amide bonds. The SMILES string of the molecule is CCCC(=O)Oc1ccc(CC(NC(=O)CCc2ccc(O)cc2)C(=O)OCC)cc1. The van der Waals surface area contributed by atoms with Crippen molar-refractivity contribution in [3.63, 3.8) is 0 Å². The van der Waals surface area contributed by atoms with E-state index in [-0.39, 0.29) is 37.1 Å². The van der Waals surface area contributed by atoms with Crippen molar-refractivity contribution in [1.82, 2.24) is 5.32 Å². The van der Waals surface area contributed by atoms with Gasteiger partial charge in [-0.1, -0.05) is 31.2 Å². The molecule has 2 aromatic rings. The molecule has 0 aromatic heterocycles. The Hall–Kier alpha value is -3.35. The normalized spacial score (nSPS) is 11.4. The minimum absolute atomic E-state index is 0.168. The summed E-state index contributed by atoms with van der Waals surface area (Å²) < 4.78 is 10.3. The van der Waals surface area contributed by atoms with Crippen molar-refractivity contribution < 1.29 is 29.0 Å². The number of aromatic hydroxyl groups is 1. The van der Waals surface area contributed by atoms with Gasteiger partial charge in [-0.05, 0) is 55.2 Å². The number of ether oxygens (including phenoxy) is 2. The highest BCUT2D eigenvalue weighted by Gasteiger charge is 2.22. The molecule has 2 N–H and O–H groups in total. The third kappa shape index (κ3) is 8.50. The lowest BCUT2D eigenvalue weighted by Crippen LogP contribution is -2.43. The molecule has 0 fully saturated rings. The molecule has 2 rings (SSSR count). The van der Waals surface area contributed by atoms with Gasteiger partial charge in [-0.2, -0.15) is 0 Å². The fourth-order valence-electron chi connectivity index (χ4n) is 2.94. The molecule has 7 nitrogen and oxygen atoms in total. The number of aryl methyl sites for hydroxylation is 1. The Morgan fingerprint density at radius 3 is 2.19 bits per heavy atom. The first-order valence-electron chi connectivity index (χ1n) is 10.4. The van der Waals surface area contributed by atoms with Crippen molar-refractivity contribution in [1.29, 1.82) is 0 Å². The largest absolute Gasteiger partial charge is 0.508 e. The molecule has 0 aliphatic rings. The van der Waals surface area contributed by atoms with Gasteiger partial charge in [-0.25, -0.2) is 4.79 Å². The van der Waals surface area contributed by atoms with Crippen molar-refractivity contribution in [3.8, 4) is 11.5 Å². The topological polar surface area (TPSA) is 102 Å². The van der Waals surface area contributed by atoms with E-state index in [1.54, 1.807) is 55.5 Å². The molecule has 1 unspecified atom stereocenters. The number of phenols is 1. The van der Waals surface area contributed by atoms with Gasteiger partial charge in [0, 0.05) is 19.3 Å². The smallest absolute Gasteiger partial charge is 0.328 e. The maximum absolute atomic E-state index is 12.4. The Bertz CT molecular complexity index is 861. The number of amides is 1. The molecule has 0 heterocycles. The quantitative estimate of drug-likeness (QED) is 0.421. The van der Waals surface area contributed by atoms with Gasteiger partial charge in [0.15, 0.2) is 0 Å². The number of nitrogens with one attached hydrogen (secondary N) is 1. The van der Waals surface area contributed by atoms with Gasteiger partial charge < -0.3 is 19.9 Å². The summed E-state index contributed by atoms with van der Waals surface area (Å²) in [6, 6.07) is 12.7. The predicted octanol–water partition coefficient (Wildman–Crippen LogP) is 3.32. The van der Waals surface area contributed by atoms with E-state index in [4.69, 9.17) is 9.47 Å². The molecule has 0 saturated carbocycles. The van der Waals surface area contributed by atoms with Crippen LogP contribution in [0.3, 0.4) is 0 Å². The molecule has 2 aromatic carbocycles. The molecule has 0 radical (unpaired) electrons. The molecule has 0 spiro atoms. The minimum atomic E-state index is -0.819. The molecule has 1 atom stereocenters. The highest BCUT2D eigenvalue weighted by atomic mass is 16.5. The van der Waals surface area contributed by atoms with Gasteiger partial charge in [-0.15, -0.1) is 0 Å². The van der Waals surface area contributed by atoms with Crippen molar-refractivity contribution in [2.45, 2.75) is 52.0 Å². The standard InChI is InChI=1S/C24H29NO6/c1-3-5-23(28)31-20-13-8-18(9-14-20)16-21(24(29)30-4-2)25-22(27)15-10-17-6-11-19(26)12-7-17/h6-9,11-14,21,26H,3-5,10,15-16H2,1-2H3,(H,25,27). The van der Waals surface area contributed by atoms with E-state index in [0.29, 0.717) is 25.0 Å². The zero-order valence-electron chi connectivity index (χ0n) is 17.9. The van der Waals surface area contributed by atoms with Gasteiger partial charge in [-0.3, -0.25) is 9.59 Å². The number of carbonyl (C=O) groups excluding carboxylic acids is 3. The van der Waals surface area contributed by atoms with E-state index >= 15 is 0 Å². The lowest BCUT2D eigenvalue weighted by molar-refractivity contribution is -0.147. The lowest BCUT2D eigenvalue weighted by atomic mass is 10.0. The first-order valence-corrected chi connectivity index (χ1v) is 10.4. The molecular formula is C24H29NO6. The molecule has 0 saturated heterocycles. The minimum Gasteiger partial charge on any atom is -0.508 e. The molecule has 166 valence electrons. The molecule has 0 bridgehead atoms. The van der Waals surface area contributed by atoms with E-state index in [9.17, 15) is 19.5 Å². The summed E-state index contributed by atoms with van der Waals surface area (Å²) >= 11 is 0. The van der Waals surface area contributed by atoms with Crippen LogP contribution in [0.1, 0.15) is 44.2 Å². The fraction of sp³-hybridized carbons (Fsp3) is 0.375. The Labute approximate surface area is 182 Å². The second-order valence-electron chi connectivity index (χ2n) is 7.11. The third-order valence-electron chi connectivity index (χ3n) is 4.53. The monoisotopic (exact) mass is 427 g/mol. The number of phenolic OH excluding ortho intramolecular Hbond substituents is 1. The van der Waals surface area contributed by atoms with Gasteiger partial charge in [0.25, 0.3) is 0 Å². The predicted molar refractivity (Wildman–Crippen MR) is 116 cm³/mol. The summed E-state index contributed by atoms with van der Waals surface area (Å²) in [6.45, 7) is 3.82. The Morgan fingerprint density at radius 2 is 1.58 bits per heavy atom. The van der Waals surface area contributed by atoms with Crippen LogP contribution in [0.2, 0.25) is 0 Å². The van der Waals surface area contributed by atoms with Crippen LogP contribution in [-0.4, -0.2) is 35.6 Å². The van der Waals surface area contributed by atoms with E-state index in [1.165, 1.54) is 0 Å². The molecule has 31 heavy (non-hydrogen) atoms. The van der Waals surface area contributed by atoms with Crippen molar-refractivity contribution in [2.24, 2.45) is 0 Å². The Morgan fingerprint density at radius 1 is 0.935 bits per heavy atom. The maximum atomic E-state index is 12.4. The van der Waals surface area contributed by atoms with Gasteiger partial charge in [0.2, 0.25) is 5.91 Å². The fourth-order valence-corrected chi connectivity index (χ4v) is 2.94. The Balaban J connectivity index is 1.96. The third-order valence-corrected chi connectivity index (χ3v) is 4.53. The van der Waals surface area contributed by atoms with Crippen molar-refractivity contribution in [3.05, 3.63) is 59.7 Å². The van der Waals surface area contributed by atoms with Crippen LogP contribution in [0.25, 0.3) is 0 Å². The highest BCUT2D eigenvalue weighted by Crippen LogP contribution is 2.15. The second-order valence-corrected chi connectivity index (χ2v) is 7.11. The summed E-state index contributed by atoms with van der Waals surface area (Å²) in [5.41, 5.74) is 1.71. The first kappa shape index (κ1) is 23.9. The van der Waals surface area contributed by atoms with Crippen LogP contribution in [-0.2, 0) is 32.0 Å². The lowest BCUT2D eigenvalue weighted by Gasteiger charge is -2.18. The molecular weight excluding hydrogens is 398 g/mol. The van der Waals surface area contributed by atoms with Crippen LogP contribution in [0.4, 0.5) is 0 Å². The van der Waals surface area contributed by atoms with Crippen LogP contribution < -0.4 is 10.1 Å². The summed E-state index contributed by atoms with van der Waals surface area (Å²) in [5, 5.41) is 12.1. The average molecular weight is 427 g/mol. The average Bonchev–Trinajstić information content (AvgIpc) is 2.74. The maximum Gasteiger partial charge on any atom is 0.328 e. The number of rotatable bonds is 11. The zero-order valence-corrected chi connectivity index (χ0v) is 17.9. The van der Waals surface area contributed by atoms with Gasteiger partial charge >= 0.3 is 11.9 Å². The second kappa shape index (κ2) is 12.4. The zero-order chi connectivity index (χ0) is 22.6. The number of hydrogen-bond donors (Lipinski definition) is 2. The molecule has 0 aliphatic heterocycles. The number of hydrogen-bond acceptors (Lipinski definition) is 6. The first-order chi connectivity index (χ1) is 14.9. The summed E-state index contributed by atoms with van der Waals surface area (Å²) in [4.78, 5) is 36.3. The van der Waals surface area contributed by atoms with Crippen molar-refractivity contribution >= 4 is 17.8 Å². The number of benzene rings is 2. The van der Waals surface area contributed by atoms with E-state index in [0.717, 1.165) is 11.1 Å². The van der Waals surface area contributed by atoms with Crippen LogP contribution >= 0.6 is 0 Å². The number of carbonyl (C=O) groups is 3. The van der Waals surface area contributed by atoms with Gasteiger partial charge in [0.05, 0.1) is 6.61 Å². The van der Waals surface area contributed by atoms with Crippen LogP contribution in [0.15, 0.2) is 48.5 Å². The van der Waals surface area contributed by atoms with E-state index < -0.39 is 12.0 Å². The number of esters is 2. The molecule has 0 aliphatic carbocycles. The highest BCUT2D eigenvalue weighted by molar-refractivity contribution is 5.84. The van der Waals surface area contributed by atoms with Crippen LogP contribution in [0.5, 0.6) is 11.5 Å². The van der Waals surface area contributed by atoms with E-state index in [1.807, 2.05) is 6.92 Å². The summed E-state index contributed by atoms with van der Waals surface area (Å²) in [5.74, 6) is -0.453. The summed E-state index contributed by atoms with van der Waals surface area (Å²) in [7, 11) is 0. The Kier molecular flexibility index (Phi) is 9.55. The van der Waals surface area contributed by atoms with Crippen LogP contribution in [0, 0.1) is 0 Å². The van der Waals surface area contributed by atoms with Crippen molar-refractivity contribution in [2.75, 3.05) is 6.61 Å². The molecule has 7 heteroatoms. The van der Waals surface area contributed by atoms with E-state index in [2.05, 4.69) is 5.32 Å².